The minimum atomic E-state index is -0.109. The minimum Gasteiger partial charge on any atom is -0.352 e. The fraction of sp³-hybridized carbons (Fsp3) is 0.471. The van der Waals surface area contributed by atoms with E-state index in [0.717, 1.165) is 39.1 Å². The van der Waals surface area contributed by atoms with Gasteiger partial charge in [-0.15, -0.1) is 0 Å². The number of benzene rings is 1. The molecule has 1 amide bonds. The lowest BCUT2D eigenvalue weighted by atomic mass is 10.1. The van der Waals surface area contributed by atoms with Crippen LogP contribution in [-0.2, 0) is 0 Å². The van der Waals surface area contributed by atoms with Gasteiger partial charge >= 0.3 is 0 Å². The molecule has 0 bridgehead atoms. The minimum absolute atomic E-state index is 0.109. The van der Waals surface area contributed by atoms with Crippen LogP contribution in [0.5, 0.6) is 0 Å². The van der Waals surface area contributed by atoms with Gasteiger partial charge in [0.05, 0.1) is 11.1 Å². The van der Waals surface area contributed by atoms with Crippen LogP contribution in [0.25, 0.3) is 11.5 Å². The number of hydrogen-bond acceptors (Lipinski definition) is 6. The fourth-order valence-corrected chi connectivity index (χ4v) is 2.81. The Hall–Kier alpha value is -2.25. The first kappa shape index (κ1) is 16.6. The van der Waals surface area contributed by atoms with Crippen molar-refractivity contribution in [3.8, 4) is 11.5 Å². The SMILES string of the molecule is Cc1noc(-c2ccccc2C(=O)NCCCN2CCNCC2)n1. The van der Waals surface area contributed by atoms with Crippen LogP contribution in [0, 0.1) is 6.92 Å². The van der Waals surface area contributed by atoms with Gasteiger partial charge in [-0.25, -0.2) is 0 Å². The molecule has 128 valence electrons. The predicted molar refractivity (Wildman–Crippen MR) is 90.7 cm³/mol. The molecule has 0 saturated carbocycles. The van der Waals surface area contributed by atoms with Crippen molar-refractivity contribution >= 4 is 5.91 Å². The molecular formula is C17H23N5O2. The third kappa shape index (κ3) is 4.18. The maximum atomic E-state index is 12.5. The topological polar surface area (TPSA) is 83.3 Å². The van der Waals surface area contributed by atoms with Crippen molar-refractivity contribution in [2.45, 2.75) is 13.3 Å². The van der Waals surface area contributed by atoms with Gasteiger partial charge in [0.2, 0.25) is 0 Å². The summed E-state index contributed by atoms with van der Waals surface area (Å²) in [4.78, 5) is 19.1. The number of amides is 1. The summed E-state index contributed by atoms with van der Waals surface area (Å²) in [6.07, 6.45) is 0.938. The molecular weight excluding hydrogens is 306 g/mol. The zero-order valence-electron chi connectivity index (χ0n) is 13.9. The van der Waals surface area contributed by atoms with E-state index in [1.807, 2.05) is 18.2 Å². The standard InChI is InChI=1S/C17H23N5O2/c1-13-20-17(24-21-13)15-6-3-2-5-14(15)16(23)19-7-4-10-22-11-8-18-9-12-22/h2-3,5-6,18H,4,7-12H2,1H3,(H,19,23). The molecule has 2 heterocycles. The monoisotopic (exact) mass is 329 g/mol. The van der Waals surface area contributed by atoms with Gasteiger partial charge in [0.1, 0.15) is 0 Å². The first-order chi connectivity index (χ1) is 11.7. The summed E-state index contributed by atoms with van der Waals surface area (Å²) in [5, 5.41) is 10.1. The smallest absolute Gasteiger partial charge is 0.258 e. The van der Waals surface area contributed by atoms with Gasteiger partial charge in [0, 0.05) is 32.7 Å². The number of nitrogens with one attached hydrogen (secondary N) is 2. The normalized spacial score (nSPS) is 15.4. The van der Waals surface area contributed by atoms with Gasteiger partial charge in [-0.2, -0.15) is 4.98 Å². The molecule has 1 fully saturated rings. The molecule has 0 spiro atoms. The highest BCUT2D eigenvalue weighted by Gasteiger charge is 2.16. The first-order valence-electron chi connectivity index (χ1n) is 8.35. The molecule has 0 atom stereocenters. The van der Waals surface area contributed by atoms with Crippen LogP contribution in [0.3, 0.4) is 0 Å². The second kappa shape index (κ2) is 8.03. The summed E-state index contributed by atoms with van der Waals surface area (Å²) in [5.41, 5.74) is 1.22. The first-order valence-corrected chi connectivity index (χ1v) is 8.35. The molecule has 1 saturated heterocycles. The highest BCUT2D eigenvalue weighted by molar-refractivity contribution is 5.99. The van der Waals surface area contributed by atoms with Gasteiger partial charge in [0.25, 0.3) is 11.8 Å². The number of aryl methyl sites for hydroxylation is 1. The number of carbonyl (C=O) groups is 1. The van der Waals surface area contributed by atoms with E-state index in [-0.39, 0.29) is 5.91 Å². The van der Waals surface area contributed by atoms with E-state index in [4.69, 9.17) is 4.52 Å². The van der Waals surface area contributed by atoms with E-state index in [1.165, 1.54) is 0 Å². The average molecular weight is 329 g/mol. The molecule has 7 nitrogen and oxygen atoms in total. The quantitative estimate of drug-likeness (QED) is 0.772. The van der Waals surface area contributed by atoms with E-state index in [2.05, 4.69) is 25.7 Å². The Kier molecular flexibility index (Phi) is 5.55. The average Bonchev–Trinajstić information content (AvgIpc) is 3.06. The molecule has 7 heteroatoms. The molecule has 0 unspecified atom stereocenters. The van der Waals surface area contributed by atoms with Crippen molar-refractivity contribution in [2.75, 3.05) is 39.3 Å². The summed E-state index contributed by atoms with van der Waals surface area (Å²) in [7, 11) is 0. The van der Waals surface area contributed by atoms with Gasteiger partial charge in [-0.3, -0.25) is 4.79 Å². The Morgan fingerprint density at radius 3 is 2.88 bits per heavy atom. The fourth-order valence-electron chi connectivity index (χ4n) is 2.81. The van der Waals surface area contributed by atoms with Crippen LogP contribution >= 0.6 is 0 Å². The van der Waals surface area contributed by atoms with Crippen LogP contribution in [-0.4, -0.2) is 60.2 Å². The van der Waals surface area contributed by atoms with Gasteiger partial charge in [-0.1, -0.05) is 17.3 Å². The maximum Gasteiger partial charge on any atom is 0.258 e. The molecule has 3 rings (SSSR count). The zero-order valence-corrected chi connectivity index (χ0v) is 13.9. The second-order valence-electron chi connectivity index (χ2n) is 5.89. The van der Waals surface area contributed by atoms with E-state index in [1.54, 1.807) is 13.0 Å². The Morgan fingerprint density at radius 1 is 1.33 bits per heavy atom. The van der Waals surface area contributed by atoms with E-state index in [9.17, 15) is 4.79 Å². The maximum absolute atomic E-state index is 12.5. The second-order valence-corrected chi connectivity index (χ2v) is 5.89. The van der Waals surface area contributed by atoms with Crippen LogP contribution in [0.15, 0.2) is 28.8 Å². The van der Waals surface area contributed by atoms with Crippen molar-refractivity contribution in [2.24, 2.45) is 0 Å². The van der Waals surface area contributed by atoms with E-state index >= 15 is 0 Å². The number of nitrogens with zero attached hydrogens (tertiary/aromatic N) is 3. The molecule has 1 aromatic heterocycles. The Labute approximate surface area is 141 Å². The number of carbonyl (C=O) groups excluding carboxylic acids is 1. The number of piperazine rings is 1. The lowest BCUT2D eigenvalue weighted by molar-refractivity contribution is 0.0951. The number of rotatable bonds is 6. The van der Waals surface area contributed by atoms with Crippen LogP contribution in [0.2, 0.25) is 0 Å². The van der Waals surface area contributed by atoms with Crippen LogP contribution in [0.4, 0.5) is 0 Å². The lowest BCUT2D eigenvalue weighted by Crippen LogP contribution is -2.44. The predicted octanol–water partition coefficient (Wildman–Crippen LogP) is 1.07. The molecule has 1 aromatic carbocycles. The highest BCUT2D eigenvalue weighted by atomic mass is 16.5. The molecule has 0 aliphatic carbocycles. The van der Waals surface area contributed by atoms with E-state index < -0.39 is 0 Å². The summed E-state index contributed by atoms with van der Waals surface area (Å²) >= 11 is 0. The van der Waals surface area contributed by atoms with Crippen LogP contribution in [0.1, 0.15) is 22.6 Å². The van der Waals surface area contributed by atoms with Gasteiger partial charge in [0.15, 0.2) is 5.82 Å². The van der Waals surface area contributed by atoms with Crippen molar-refractivity contribution in [1.82, 2.24) is 25.7 Å². The van der Waals surface area contributed by atoms with Crippen LogP contribution < -0.4 is 10.6 Å². The van der Waals surface area contributed by atoms with Crippen molar-refractivity contribution < 1.29 is 9.32 Å². The molecule has 1 aliphatic heterocycles. The molecule has 1 aliphatic rings. The van der Waals surface area contributed by atoms with E-state index in [0.29, 0.717) is 29.4 Å². The molecule has 0 radical (unpaired) electrons. The summed E-state index contributed by atoms with van der Waals surface area (Å²) in [5.74, 6) is 0.817. The third-order valence-electron chi connectivity index (χ3n) is 4.08. The molecule has 2 aromatic rings. The molecule has 2 N–H and O–H groups in total. The number of aromatic nitrogens is 2. The Bertz CT molecular complexity index is 679. The highest BCUT2D eigenvalue weighted by Crippen LogP contribution is 2.21. The zero-order chi connectivity index (χ0) is 16.8. The van der Waals surface area contributed by atoms with Gasteiger partial charge < -0.3 is 20.1 Å². The third-order valence-corrected chi connectivity index (χ3v) is 4.08. The number of hydrogen-bond donors (Lipinski definition) is 2. The summed E-state index contributed by atoms with van der Waals surface area (Å²) < 4.78 is 5.19. The largest absolute Gasteiger partial charge is 0.352 e. The lowest BCUT2D eigenvalue weighted by Gasteiger charge is -2.27. The molecule has 24 heavy (non-hydrogen) atoms. The van der Waals surface area contributed by atoms with Crippen molar-refractivity contribution in [3.63, 3.8) is 0 Å². The van der Waals surface area contributed by atoms with Gasteiger partial charge in [-0.05, 0) is 32.0 Å². The summed E-state index contributed by atoms with van der Waals surface area (Å²) in [6, 6.07) is 7.29. The van der Waals surface area contributed by atoms with Crippen molar-refractivity contribution in [3.05, 3.63) is 35.7 Å². The van der Waals surface area contributed by atoms with Crippen molar-refractivity contribution in [1.29, 1.82) is 0 Å². The Balaban J connectivity index is 1.55. The summed E-state index contributed by atoms with van der Waals surface area (Å²) in [6.45, 7) is 7.66. The Morgan fingerprint density at radius 2 is 2.12 bits per heavy atom.